The third kappa shape index (κ3) is 2.90. The molecule has 1 heterocycles. The van der Waals surface area contributed by atoms with Gasteiger partial charge in [-0.3, -0.25) is 0 Å². The Balaban J connectivity index is 2.17. The second kappa shape index (κ2) is 5.23. The van der Waals surface area contributed by atoms with Gasteiger partial charge < -0.3 is 4.74 Å². The van der Waals surface area contributed by atoms with E-state index in [1.54, 1.807) is 11.3 Å². The highest BCUT2D eigenvalue weighted by molar-refractivity contribution is 9.10. The Morgan fingerprint density at radius 2 is 1.82 bits per heavy atom. The molecule has 0 spiro atoms. The molecule has 0 aliphatic heterocycles. The van der Waals surface area contributed by atoms with Crippen molar-refractivity contribution in [1.29, 1.82) is 0 Å². The molecule has 0 bridgehead atoms. The summed E-state index contributed by atoms with van der Waals surface area (Å²) in [5.41, 5.74) is 3.69. The molecular weight excluding hydrogens is 296 g/mol. The van der Waals surface area contributed by atoms with Crippen LogP contribution in [0.2, 0.25) is 0 Å². The molecule has 1 aromatic heterocycles. The van der Waals surface area contributed by atoms with E-state index in [1.165, 1.54) is 21.6 Å². The summed E-state index contributed by atoms with van der Waals surface area (Å²) in [6.45, 7) is 6.93. The summed E-state index contributed by atoms with van der Waals surface area (Å²) in [7, 11) is 0. The van der Waals surface area contributed by atoms with E-state index in [0.29, 0.717) is 6.61 Å². The first-order valence-electron chi connectivity index (χ1n) is 5.50. The zero-order valence-corrected chi connectivity index (χ0v) is 12.6. The lowest BCUT2D eigenvalue weighted by Gasteiger charge is -2.12. The minimum atomic E-state index is 0.628. The SMILES string of the molecule is Cc1cc(C)c(OCc2sccc2Br)c(C)c1. The van der Waals surface area contributed by atoms with Gasteiger partial charge in [0.1, 0.15) is 12.4 Å². The van der Waals surface area contributed by atoms with Crippen LogP contribution in [0, 0.1) is 20.8 Å². The third-order valence-corrected chi connectivity index (χ3v) is 4.54. The fourth-order valence-electron chi connectivity index (χ4n) is 1.96. The van der Waals surface area contributed by atoms with Gasteiger partial charge in [-0.05, 0) is 59.3 Å². The maximum Gasteiger partial charge on any atom is 0.125 e. The largest absolute Gasteiger partial charge is 0.487 e. The summed E-state index contributed by atoms with van der Waals surface area (Å²) < 4.78 is 7.06. The number of thiophene rings is 1. The van der Waals surface area contributed by atoms with Crippen LogP contribution in [-0.2, 0) is 6.61 Å². The van der Waals surface area contributed by atoms with Crippen LogP contribution in [0.3, 0.4) is 0 Å². The van der Waals surface area contributed by atoms with Crippen molar-refractivity contribution in [3.05, 3.63) is 49.6 Å². The summed E-state index contributed by atoms with van der Waals surface area (Å²) in [6, 6.07) is 6.37. The molecule has 0 aliphatic carbocycles. The molecule has 0 amide bonds. The van der Waals surface area contributed by atoms with Crippen molar-refractivity contribution in [3.8, 4) is 5.75 Å². The Kier molecular flexibility index (Phi) is 3.89. The maximum absolute atomic E-state index is 5.93. The molecule has 2 aromatic rings. The Morgan fingerprint density at radius 3 is 2.35 bits per heavy atom. The number of hydrogen-bond acceptors (Lipinski definition) is 2. The number of aryl methyl sites for hydroxylation is 3. The smallest absolute Gasteiger partial charge is 0.125 e. The molecule has 0 aliphatic rings. The van der Waals surface area contributed by atoms with Crippen molar-refractivity contribution in [1.82, 2.24) is 0 Å². The summed E-state index contributed by atoms with van der Waals surface area (Å²) in [4.78, 5) is 1.23. The number of hydrogen-bond donors (Lipinski definition) is 0. The number of rotatable bonds is 3. The zero-order valence-electron chi connectivity index (χ0n) is 10.2. The highest BCUT2D eigenvalue weighted by Gasteiger charge is 2.07. The van der Waals surface area contributed by atoms with Crippen molar-refractivity contribution < 1.29 is 4.74 Å². The average Bonchev–Trinajstić information content (AvgIpc) is 2.62. The van der Waals surface area contributed by atoms with E-state index in [-0.39, 0.29) is 0 Å². The molecule has 0 atom stereocenters. The molecule has 3 heteroatoms. The quantitative estimate of drug-likeness (QED) is 0.774. The first kappa shape index (κ1) is 12.7. The van der Waals surface area contributed by atoms with Gasteiger partial charge >= 0.3 is 0 Å². The minimum Gasteiger partial charge on any atom is -0.487 e. The second-order valence-electron chi connectivity index (χ2n) is 4.21. The van der Waals surface area contributed by atoms with Crippen molar-refractivity contribution in [2.24, 2.45) is 0 Å². The molecule has 0 fully saturated rings. The van der Waals surface area contributed by atoms with Gasteiger partial charge in [0.25, 0.3) is 0 Å². The Morgan fingerprint density at radius 1 is 1.18 bits per heavy atom. The van der Waals surface area contributed by atoms with Gasteiger partial charge in [-0.15, -0.1) is 11.3 Å². The van der Waals surface area contributed by atoms with Crippen molar-refractivity contribution >= 4 is 27.3 Å². The van der Waals surface area contributed by atoms with E-state index in [2.05, 4.69) is 60.3 Å². The molecule has 1 nitrogen and oxygen atoms in total. The zero-order chi connectivity index (χ0) is 12.4. The normalized spacial score (nSPS) is 10.6. The second-order valence-corrected chi connectivity index (χ2v) is 6.06. The first-order chi connectivity index (χ1) is 8.08. The summed E-state index contributed by atoms with van der Waals surface area (Å²) >= 11 is 5.23. The van der Waals surface area contributed by atoms with Crippen molar-refractivity contribution in [2.45, 2.75) is 27.4 Å². The number of halogens is 1. The van der Waals surface area contributed by atoms with Gasteiger partial charge in [0.05, 0.1) is 4.88 Å². The van der Waals surface area contributed by atoms with Crippen LogP contribution < -0.4 is 4.74 Å². The highest BCUT2D eigenvalue weighted by Crippen LogP contribution is 2.28. The lowest BCUT2D eigenvalue weighted by molar-refractivity contribution is 0.305. The molecular formula is C14H15BrOS. The molecule has 1 aromatic carbocycles. The minimum absolute atomic E-state index is 0.628. The Bertz CT molecular complexity index is 508. The summed E-state index contributed by atoms with van der Waals surface area (Å²) in [5.74, 6) is 1.01. The van der Waals surface area contributed by atoms with Gasteiger partial charge in [-0.1, -0.05) is 17.7 Å². The Hall–Kier alpha value is -0.800. The Labute approximate surface area is 115 Å². The molecule has 0 N–H and O–H groups in total. The van der Waals surface area contributed by atoms with E-state index >= 15 is 0 Å². The molecule has 0 saturated carbocycles. The fourth-order valence-corrected chi connectivity index (χ4v) is 3.34. The number of benzene rings is 1. The van der Waals surface area contributed by atoms with E-state index in [9.17, 15) is 0 Å². The van der Waals surface area contributed by atoms with E-state index in [4.69, 9.17) is 4.74 Å². The predicted molar refractivity (Wildman–Crippen MR) is 77.0 cm³/mol. The van der Waals surface area contributed by atoms with Crippen LogP contribution >= 0.6 is 27.3 Å². The van der Waals surface area contributed by atoms with E-state index in [0.717, 1.165) is 10.2 Å². The molecule has 2 rings (SSSR count). The third-order valence-electron chi connectivity index (χ3n) is 2.64. The van der Waals surface area contributed by atoms with Crippen LogP contribution in [0.4, 0.5) is 0 Å². The highest BCUT2D eigenvalue weighted by atomic mass is 79.9. The van der Waals surface area contributed by atoms with Crippen molar-refractivity contribution in [3.63, 3.8) is 0 Å². The topological polar surface area (TPSA) is 9.23 Å². The van der Waals surface area contributed by atoms with Crippen LogP contribution in [0.1, 0.15) is 21.6 Å². The van der Waals surface area contributed by atoms with Crippen LogP contribution in [0.5, 0.6) is 5.75 Å². The maximum atomic E-state index is 5.93. The van der Waals surface area contributed by atoms with Crippen LogP contribution in [-0.4, -0.2) is 0 Å². The molecule has 0 saturated heterocycles. The molecule has 0 radical (unpaired) electrons. The van der Waals surface area contributed by atoms with Gasteiger partial charge in [0, 0.05) is 4.47 Å². The summed E-state index contributed by atoms with van der Waals surface area (Å²) in [5, 5.41) is 2.07. The monoisotopic (exact) mass is 310 g/mol. The van der Waals surface area contributed by atoms with Gasteiger partial charge in [-0.2, -0.15) is 0 Å². The number of ether oxygens (including phenoxy) is 1. The lowest BCUT2D eigenvalue weighted by atomic mass is 10.1. The lowest BCUT2D eigenvalue weighted by Crippen LogP contribution is -1.98. The summed E-state index contributed by atoms with van der Waals surface area (Å²) in [6.07, 6.45) is 0. The molecule has 90 valence electrons. The fraction of sp³-hybridized carbons (Fsp3) is 0.286. The van der Waals surface area contributed by atoms with E-state index < -0.39 is 0 Å². The molecule has 0 unspecified atom stereocenters. The predicted octanol–water partition coefficient (Wildman–Crippen LogP) is 5.01. The van der Waals surface area contributed by atoms with Gasteiger partial charge in [-0.25, -0.2) is 0 Å². The average molecular weight is 311 g/mol. The standard InChI is InChI=1S/C14H15BrOS/c1-9-6-10(2)14(11(3)7-9)16-8-13-12(15)4-5-17-13/h4-7H,8H2,1-3H3. The molecule has 17 heavy (non-hydrogen) atoms. The first-order valence-corrected chi connectivity index (χ1v) is 7.17. The van der Waals surface area contributed by atoms with Crippen LogP contribution in [0.15, 0.2) is 28.1 Å². The van der Waals surface area contributed by atoms with Gasteiger partial charge in [0.2, 0.25) is 0 Å². The van der Waals surface area contributed by atoms with Crippen LogP contribution in [0.25, 0.3) is 0 Å². The van der Waals surface area contributed by atoms with Crippen molar-refractivity contribution in [2.75, 3.05) is 0 Å². The van der Waals surface area contributed by atoms with Gasteiger partial charge in [0.15, 0.2) is 0 Å². The van der Waals surface area contributed by atoms with E-state index in [1.807, 2.05) is 0 Å².